The average molecular weight is 279 g/mol. The van der Waals surface area contributed by atoms with Crippen molar-refractivity contribution in [2.45, 2.75) is 38.6 Å². The van der Waals surface area contributed by atoms with Crippen molar-refractivity contribution in [2.24, 2.45) is 5.41 Å². The van der Waals surface area contributed by atoms with Crippen molar-refractivity contribution in [2.75, 3.05) is 0 Å². The first kappa shape index (κ1) is 14.5. The van der Waals surface area contributed by atoms with E-state index >= 15 is 0 Å². The van der Waals surface area contributed by atoms with Crippen molar-refractivity contribution in [3.8, 4) is 0 Å². The Balaban J connectivity index is 2.18. The summed E-state index contributed by atoms with van der Waals surface area (Å²) in [6.07, 6.45) is 2.81. The number of halogens is 1. The highest BCUT2D eigenvalue weighted by Crippen LogP contribution is 2.36. The van der Waals surface area contributed by atoms with Crippen molar-refractivity contribution in [1.82, 2.24) is 5.32 Å². The molecule has 1 aliphatic carbocycles. The molecule has 1 aliphatic rings. The fraction of sp³-hybridized carbons (Fsp3) is 0.467. The van der Waals surface area contributed by atoms with Crippen LogP contribution >= 0.6 is 0 Å². The number of benzene rings is 1. The van der Waals surface area contributed by atoms with Gasteiger partial charge >= 0.3 is 5.97 Å². The van der Waals surface area contributed by atoms with E-state index in [1.807, 2.05) is 0 Å². The fourth-order valence-corrected chi connectivity index (χ4v) is 2.70. The Bertz CT molecular complexity index is 532. The number of carboxylic acid groups (broad SMARTS) is 1. The van der Waals surface area contributed by atoms with Crippen LogP contribution in [-0.2, 0) is 4.79 Å². The molecule has 2 atom stereocenters. The van der Waals surface area contributed by atoms with E-state index in [-0.39, 0.29) is 5.56 Å². The van der Waals surface area contributed by atoms with Crippen LogP contribution < -0.4 is 5.32 Å². The van der Waals surface area contributed by atoms with Crippen LogP contribution in [0.4, 0.5) is 4.39 Å². The normalized spacial score (nSPS) is 26.0. The number of hydrogen-bond acceptors (Lipinski definition) is 2. The molecule has 1 saturated carbocycles. The zero-order valence-electron chi connectivity index (χ0n) is 11.4. The number of amides is 1. The highest BCUT2D eigenvalue weighted by Gasteiger charge is 2.44. The second kappa shape index (κ2) is 5.61. The van der Waals surface area contributed by atoms with Crippen molar-refractivity contribution in [3.63, 3.8) is 0 Å². The van der Waals surface area contributed by atoms with Gasteiger partial charge in [0.25, 0.3) is 5.91 Å². The SMILES string of the molecule is CC1(C(=O)O)CCCCC1NC(=O)c1ccccc1F. The van der Waals surface area contributed by atoms with E-state index in [0.29, 0.717) is 12.8 Å². The van der Waals surface area contributed by atoms with Crippen LogP contribution in [0.25, 0.3) is 0 Å². The van der Waals surface area contributed by atoms with Crippen LogP contribution in [0.2, 0.25) is 0 Å². The standard InChI is InChI=1S/C15H18FNO3/c1-15(14(19)20)9-5-4-8-12(15)17-13(18)10-6-2-3-7-11(10)16/h2-3,6-7,12H,4-5,8-9H2,1H3,(H,17,18)(H,19,20). The maximum Gasteiger partial charge on any atom is 0.311 e. The second-order valence-electron chi connectivity index (χ2n) is 5.47. The minimum Gasteiger partial charge on any atom is -0.481 e. The van der Waals surface area contributed by atoms with E-state index in [1.165, 1.54) is 18.2 Å². The molecule has 20 heavy (non-hydrogen) atoms. The number of aliphatic carboxylic acids is 1. The summed E-state index contributed by atoms with van der Waals surface area (Å²) in [5.74, 6) is -2.07. The predicted molar refractivity (Wildman–Crippen MR) is 71.9 cm³/mol. The summed E-state index contributed by atoms with van der Waals surface area (Å²) in [6, 6.07) is 5.22. The summed E-state index contributed by atoms with van der Waals surface area (Å²) in [6.45, 7) is 1.64. The predicted octanol–water partition coefficient (Wildman–Crippen LogP) is 2.59. The number of hydrogen-bond donors (Lipinski definition) is 2. The van der Waals surface area contributed by atoms with Crippen molar-refractivity contribution in [3.05, 3.63) is 35.6 Å². The Hall–Kier alpha value is -1.91. The minimum atomic E-state index is -0.987. The molecule has 2 N–H and O–H groups in total. The molecule has 1 fully saturated rings. The number of carboxylic acids is 1. The monoisotopic (exact) mass is 279 g/mol. The molecule has 5 heteroatoms. The fourth-order valence-electron chi connectivity index (χ4n) is 2.70. The molecule has 1 aromatic rings. The molecule has 0 radical (unpaired) electrons. The molecule has 0 heterocycles. The molecule has 1 amide bonds. The number of carbonyl (C=O) groups excluding carboxylic acids is 1. The van der Waals surface area contributed by atoms with Gasteiger partial charge < -0.3 is 10.4 Å². The molecule has 0 aromatic heterocycles. The van der Waals surface area contributed by atoms with E-state index in [4.69, 9.17) is 0 Å². The van der Waals surface area contributed by atoms with Crippen molar-refractivity contribution in [1.29, 1.82) is 0 Å². The molecule has 0 spiro atoms. The van der Waals surface area contributed by atoms with Crippen LogP contribution in [-0.4, -0.2) is 23.0 Å². The summed E-state index contributed by atoms with van der Waals surface area (Å²) in [5, 5.41) is 12.1. The van der Waals surface area contributed by atoms with Gasteiger partial charge in [0.1, 0.15) is 5.82 Å². The Morgan fingerprint density at radius 2 is 2.05 bits per heavy atom. The zero-order chi connectivity index (χ0) is 14.8. The molecule has 108 valence electrons. The Labute approximate surface area is 117 Å². The topological polar surface area (TPSA) is 66.4 Å². The van der Waals surface area contributed by atoms with Gasteiger partial charge in [-0.1, -0.05) is 25.0 Å². The first-order valence-electron chi connectivity index (χ1n) is 6.74. The highest BCUT2D eigenvalue weighted by molar-refractivity contribution is 5.95. The molecule has 0 aliphatic heterocycles. The Kier molecular flexibility index (Phi) is 4.06. The first-order chi connectivity index (χ1) is 9.45. The van der Waals surface area contributed by atoms with Gasteiger partial charge in [-0.05, 0) is 31.9 Å². The quantitative estimate of drug-likeness (QED) is 0.893. The lowest BCUT2D eigenvalue weighted by molar-refractivity contribution is -0.151. The number of nitrogens with one attached hydrogen (secondary N) is 1. The number of carbonyl (C=O) groups is 2. The summed E-state index contributed by atoms with van der Waals surface area (Å²) in [7, 11) is 0. The maximum atomic E-state index is 13.6. The van der Waals surface area contributed by atoms with Crippen LogP contribution in [0.1, 0.15) is 43.0 Å². The van der Waals surface area contributed by atoms with Gasteiger partial charge in [0.15, 0.2) is 0 Å². The largest absolute Gasteiger partial charge is 0.481 e. The molecule has 0 bridgehead atoms. The zero-order valence-corrected chi connectivity index (χ0v) is 11.4. The van der Waals surface area contributed by atoms with Gasteiger partial charge in [0.2, 0.25) is 0 Å². The lowest BCUT2D eigenvalue weighted by atomic mass is 9.71. The van der Waals surface area contributed by atoms with E-state index < -0.39 is 29.2 Å². The third kappa shape index (κ3) is 2.66. The molecule has 4 nitrogen and oxygen atoms in total. The molecule has 1 aromatic carbocycles. The van der Waals surface area contributed by atoms with Gasteiger partial charge in [0.05, 0.1) is 11.0 Å². The summed E-state index contributed by atoms with van der Waals surface area (Å²) in [5.41, 5.74) is -1.04. The van der Waals surface area contributed by atoms with E-state index in [2.05, 4.69) is 5.32 Å². The lowest BCUT2D eigenvalue weighted by Gasteiger charge is -2.38. The van der Waals surface area contributed by atoms with Gasteiger partial charge in [-0.15, -0.1) is 0 Å². The van der Waals surface area contributed by atoms with Gasteiger partial charge in [-0.25, -0.2) is 4.39 Å². The van der Waals surface area contributed by atoms with E-state index in [1.54, 1.807) is 13.0 Å². The summed E-state index contributed by atoms with van der Waals surface area (Å²) >= 11 is 0. The Morgan fingerprint density at radius 1 is 1.35 bits per heavy atom. The van der Waals surface area contributed by atoms with E-state index in [0.717, 1.165) is 12.8 Å². The van der Waals surface area contributed by atoms with Crippen molar-refractivity contribution < 1.29 is 19.1 Å². The smallest absolute Gasteiger partial charge is 0.311 e. The average Bonchev–Trinajstić information content (AvgIpc) is 2.41. The lowest BCUT2D eigenvalue weighted by Crippen LogP contribution is -2.52. The van der Waals surface area contributed by atoms with Crippen molar-refractivity contribution >= 4 is 11.9 Å². The second-order valence-corrected chi connectivity index (χ2v) is 5.47. The van der Waals surface area contributed by atoms with Gasteiger partial charge in [-0.2, -0.15) is 0 Å². The number of rotatable bonds is 3. The molecule has 2 rings (SSSR count). The molecule has 2 unspecified atom stereocenters. The molecular weight excluding hydrogens is 261 g/mol. The van der Waals surface area contributed by atoms with Crippen LogP contribution in [0.15, 0.2) is 24.3 Å². The summed E-state index contributed by atoms with van der Waals surface area (Å²) in [4.78, 5) is 23.5. The van der Waals surface area contributed by atoms with Crippen LogP contribution in [0.3, 0.4) is 0 Å². The molecule has 0 saturated heterocycles. The third-order valence-electron chi connectivity index (χ3n) is 4.12. The van der Waals surface area contributed by atoms with E-state index in [9.17, 15) is 19.1 Å². The first-order valence-corrected chi connectivity index (χ1v) is 6.74. The maximum absolute atomic E-state index is 13.6. The highest BCUT2D eigenvalue weighted by atomic mass is 19.1. The Morgan fingerprint density at radius 3 is 2.70 bits per heavy atom. The van der Waals surface area contributed by atoms with Crippen LogP contribution in [0.5, 0.6) is 0 Å². The van der Waals surface area contributed by atoms with Gasteiger partial charge in [0, 0.05) is 6.04 Å². The molecular formula is C15H18FNO3. The summed E-state index contributed by atoms with van der Waals surface area (Å²) < 4.78 is 13.6. The van der Waals surface area contributed by atoms with Crippen LogP contribution in [0, 0.1) is 11.2 Å². The minimum absolute atomic E-state index is 0.0502. The van der Waals surface area contributed by atoms with Gasteiger partial charge in [-0.3, -0.25) is 9.59 Å². The third-order valence-corrected chi connectivity index (χ3v) is 4.12.